The molecule has 1 aromatic heterocycles. The third-order valence-electron chi connectivity index (χ3n) is 3.96. The third kappa shape index (κ3) is 3.99. The molecule has 0 unspecified atom stereocenters. The molecule has 0 aliphatic heterocycles. The van der Waals surface area contributed by atoms with Gasteiger partial charge < -0.3 is 5.73 Å². The van der Waals surface area contributed by atoms with Crippen molar-refractivity contribution in [2.45, 2.75) is 26.4 Å². The minimum absolute atomic E-state index is 0.419. The molecular weight excluding hydrogens is 341 g/mol. The highest BCUT2D eigenvalue weighted by atomic mass is 35.5. The Morgan fingerprint density at radius 2 is 1.79 bits per heavy atom. The molecule has 0 spiro atoms. The second kappa shape index (κ2) is 7.39. The first kappa shape index (κ1) is 17.0. The highest BCUT2D eigenvalue weighted by Crippen LogP contribution is 2.23. The molecule has 0 aliphatic carbocycles. The number of rotatable bonds is 5. The van der Waals surface area contributed by atoms with Gasteiger partial charge in [0, 0.05) is 28.7 Å². The van der Waals surface area contributed by atoms with Crippen LogP contribution in [0.5, 0.6) is 0 Å². The van der Waals surface area contributed by atoms with Crippen molar-refractivity contribution < 1.29 is 0 Å². The molecular formula is C19H19Cl2N3. The van der Waals surface area contributed by atoms with Crippen molar-refractivity contribution >= 4 is 23.2 Å². The van der Waals surface area contributed by atoms with Crippen molar-refractivity contribution in [3.8, 4) is 0 Å². The number of aryl methyl sites for hydroxylation is 1. The van der Waals surface area contributed by atoms with Gasteiger partial charge in [-0.05, 0) is 36.2 Å². The normalized spacial score (nSPS) is 11.0. The van der Waals surface area contributed by atoms with Crippen LogP contribution in [0, 0.1) is 6.92 Å². The molecule has 0 bridgehead atoms. The fraction of sp³-hybridized carbons (Fsp3) is 0.211. The quantitative estimate of drug-likeness (QED) is 0.723. The van der Waals surface area contributed by atoms with Gasteiger partial charge in [0.2, 0.25) is 0 Å². The van der Waals surface area contributed by atoms with Gasteiger partial charge in [0.1, 0.15) is 0 Å². The second-order valence-corrected chi connectivity index (χ2v) is 6.73. The summed E-state index contributed by atoms with van der Waals surface area (Å²) in [5.74, 6) is 0. The number of nitrogens with two attached hydrogens (primary N) is 1. The van der Waals surface area contributed by atoms with E-state index in [1.807, 2.05) is 16.8 Å². The van der Waals surface area contributed by atoms with E-state index >= 15 is 0 Å². The first-order chi connectivity index (χ1) is 11.5. The van der Waals surface area contributed by atoms with Gasteiger partial charge in [0.05, 0.1) is 12.2 Å². The van der Waals surface area contributed by atoms with E-state index in [9.17, 15) is 0 Å². The third-order valence-corrected chi connectivity index (χ3v) is 4.55. The SMILES string of the molecule is Cc1ccc(Cc2cc(CN)nn2Cc2ccc(Cl)cc2Cl)cc1. The fourth-order valence-corrected chi connectivity index (χ4v) is 3.09. The van der Waals surface area contributed by atoms with E-state index in [0.29, 0.717) is 23.1 Å². The lowest BCUT2D eigenvalue weighted by molar-refractivity contribution is 0.643. The van der Waals surface area contributed by atoms with Crippen molar-refractivity contribution in [1.82, 2.24) is 9.78 Å². The van der Waals surface area contributed by atoms with Crippen LogP contribution in [0.25, 0.3) is 0 Å². The molecule has 0 saturated carbocycles. The van der Waals surface area contributed by atoms with Crippen LogP contribution in [-0.4, -0.2) is 9.78 Å². The summed E-state index contributed by atoms with van der Waals surface area (Å²) in [5, 5.41) is 5.88. The predicted molar refractivity (Wildman–Crippen MR) is 99.7 cm³/mol. The van der Waals surface area contributed by atoms with Crippen LogP contribution in [0.3, 0.4) is 0 Å². The van der Waals surface area contributed by atoms with Gasteiger partial charge in [0.15, 0.2) is 0 Å². The summed E-state index contributed by atoms with van der Waals surface area (Å²) in [6.45, 7) is 3.10. The summed E-state index contributed by atoms with van der Waals surface area (Å²) < 4.78 is 1.97. The van der Waals surface area contributed by atoms with E-state index in [1.54, 1.807) is 6.07 Å². The molecule has 0 saturated heterocycles. The summed E-state index contributed by atoms with van der Waals surface area (Å²) >= 11 is 12.3. The molecule has 2 aromatic carbocycles. The van der Waals surface area contributed by atoms with E-state index in [4.69, 9.17) is 28.9 Å². The van der Waals surface area contributed by atoms with Crippen LogP contribution in [0.1, 0.15) is 28.1 Å². The van der Waals surface area contributed by atoms with Gasteiger partial charge >= 0.3 is 0 Å². The second-order valence-electron chi connectivity index (χ2n) is 5.89. The number of nitrogens with zero attached hydrogens (tertiary/aromatic N) is 2. The van der Waals surface area contributed by atoms with Crippen molar-refractivity contribution in [3.05, 3.63) is 86.7 Å². The average molecular weight is 360 g/mol. The summed E-state index contributed by atoms with van der Waals surface area (Å²) in [4.78, 5) is 0. The number of halogens is 2. The van der Waals surface area contributed by atoms with Crippen LogP contribution < -0.4 is 5.73 Å². The van der Waals surface area contributed by atoms with Gasteiger partial charge in [-0.1, -0.05) is 59.1 Å². The molecule has 0 radical (unpaired) electrons. The zero-order valence-corrected chi connectivity index (χ0v) is 15.0. The molecule has 3 aromatic rings. The smallest absolute Gasteiger partial charge is 0.0763 e. The number of hydrogen-bond donors (Lipinski definition) is 1. The lowest BCUT2D eigenvalue weighted by Crippen LogP contribution is -2.08. The Hall–Kier alpha value is -1.81. The molecule has 3 rings (SSSR count). The summed E-state index contributed by atoms with van der Waals surface area (Å²) in [6, 6.07) is 16.1. The first-order valence-electron chi connectivity index (χ1n) is 7.80. The van der Waals surface area contributed by atoms with Crippen LogP contribution in [0.4, 0.5) is 0 Å². The summed E-state index contributed by atoms with van der Waals surface area (Å²) in [7, 11) is 0. The molecule has 0 atom stereocenters. The van der Waals surface area contributed by atoms with Crippen molar-refractivity contribution in [2.75, 3.05) is 0 Å². The molecule has 2 N–H and O–H groups in total. The molecule has 1 heterocycles. The average Bonchev–Trinajstić information content (AvgIpc) is 2.94. The lowest BCUT2D eigenvalue weighted by atomic mass is 10.1. The van der Waals surface area contributed by atoms with Crippen LogP contribution in [-0.2, 0) is 19.5 Å². The van der Waals surface area contributed by atoms with Crippen molar-refractivity contribution in [1.29, 1.82) is 0 Å². The minimum atomic E-state index is 0.419. The predicted octanol–water partition coefficient (Wildman–Crippen LogP) is 4.60. The van der Waals surface area contributed by atoms with Crippen LogP contribution >= 0.6 is 23.2 Å². The van der Waals surface area contributed by atoms with Crippen LogP contribution in [0.2, 0.25) is 10.0 Å². The Bertz CT molecular complexity index is 838. The number of benzene rings is 2. The van der Waals surface area contributed by atoms with Gasteiger partial charge in [-0.15, -0.1) is 0 Å². The van der Waals surface area contributed by atoms with E-state index in [1.165, 1.54) is 11.1 Å². The van der Waals surface area contributed by atoms with Gasteiger partial charge in [-0.2, -0.15) is 5.10 Å². The zero-order valence-electron chi connectivity index (χ0n) is 13.5. The Labute approximate surface area is 152 Å². The van der Waals surface area contributed by atoms with Crippen molar-refractivity contribution in [2.24, 2.45) is 5.73 Å². The van der Waals surface area contributed by atoms with Gasteiger partial charge in [-0.25, -0.2) is 0 Å². The standard InChI is InChI=1S/C19H19Cl2N3/c1-13-2-4-14(5-3-13)8-18-10-17(11-22)23-24(18)12-15-6-7-16(20)9-19(15)21/h2-7,9-10H,8,11-12,22H2,1H3. The van der Waals surface area contributed by atoms with Gasteiger partial charge in [0.25, 0.3) is 0 Å². The highest BCUT2D eigenvalue weighted by molar-refractivity contribution is 6.35. The Morgan fingerprint density at radius 3 is 2.46 bits per heavy atom. The Morgan fingerprint density at radius 1 is 1.04 bits per heavy atom. The lowest BCUT2D eigenvalue weighted by Gasteiger charge is -2.10. The Balaban J connectivity index is 1.89. The topological polar surface area (TPSA) is 43.8 Å². The molecule has 5 heteroatoms. The molecule has 0 aliphatic rings. The fourth-order valence-electron chi connectivity index (χ4n) is 2.62. The molecule has 0 fully saturated rings. The molecule has 3 nitrogen and oxygen atoms in total. The first-order valence-corrected chi connectivity index (χ1v) is 8.56. The van der Waals surface area contributed by atoms with E-state index in [0.717, 1.165) is 23.4 Å². The maximum absolute atomic E-state index is 6.30. The van der Waals surface area contributed by atoms with Gasteiger partial charge in [-0.3, -0.25) is 4.68 Å². The molecule has 24 heavy (non-hydrogen) atoms. The minimum Gasteiger partial charge on any atom is -0.325 e. The maximum atomic E-state index is 6.30. The molecule has 0 amide bonds. The van der Waals surface area contributed by atoms with E-state index < -0.39 is 0 Å². The van der Waals surface area contributed by atoms with Crippen LogP contribution in [0.15, 0.2) is 48.5 Å². The summed E-state index contributed by atoms with van der Waals surface area (Å²) in [6.07, 6.45) is 0.804. The maximum Gasteiger partial charge on any atom is 0.0763 e. The largest absolute Gasteiger partial charge is 0.325 e. The number of aromatic nitrogens is 2. The molecule has 124 valence electrons. The zero-order chi connectivity index (χ0) is 17.1. The monoisotopic (exact) mass is 359 g/mol. The summed E-state index contributed by atoms with van der Waals surface area (Å²) in [5.41, 5.74) is 11.2. The number of hydrogen-bond acceptors (Lipinski definition) is 2. The highest BCUT2D eigenvalue weighted by Gasteiger charge is 2.10. The van der Waals surface area contributed by atoms with E-state index in [2.05, 4.69) is 42.4 Å². The van der Waals surface area contributed by atoms with E-state index in [-0.39, 0.29) is 0 Å². The van der Waals surface area contributed by atoms with Crippen molar-refractivity contribution in [3.63, 3.8) is 0 Å². The Kier molecular flexibility index (Phi) is 5.24.